The summed E-state index contributed by atoms with van der Waals surface area (Å²) >= 11 is 4.76. The third-order valence-electron chi connectivity index (χ3n) is 1.94. The molecule has 6 heteroatoms. The normalized spacial score (nSPS) is 12.0. The van der Waals surface area contributed by atoms with Crippen LogP contribution >= 0.6 is 12.2 Å². The minimum Gasteiger partial charge on any atom is -0.393 e. The molecule has 92 valence electrons. The summed E-state index contributed by atoms with van der Waals surface area (Å²) in [6, 6.07) is 0.0574. The maximum atomic E-state index is 11.5. The summed E-state index contributed by atoms with van der Waals surface area (Å²) in [6.07, 6.45) is 0.535. The van der Waals surface area contributed by atoms with Crippen LogP contribution in [0.4, 0.5) is 0 Å². The van der Waals surface area contributed by atoms with E-state index in [1.807, 2.05) is 20.8 Å². The standard InChI is InChI=1S/C10H19N3O2S/c1-4-7(9(11)16)10(15)12-5-8(14)13-6(2)3/h6-7H,4-5H2,1-3H3,(H2,11,16)(H,12,15)(H,13,14). The summed E-state index contributed by atoms with van der Waals surface area (Å²) in [4.78, 5) is 23.0. The molecule has 0 aromatic rings. The number of thiocarbonyl (C=S) groups is 1. The highest BCUT2D eigenvalue weighted by molar-refractivity contribution is 7.80. The van der Waals surface area contributed by atoms with E-state index >= 15 is 0 Å². The molecule has 0 fully saturated rings. The molecule has 0 aliphatic heterocycles. The lowest BCUT2D eigenvalue weighted by Gasteiger charge is -2.14. The van der Waals surface area contributed by atoms with Crippen LogP contribution in [0.1, 0.15) is 27.2 Å². The van der Waals surface area contributed by atoms with Gasteiger partial charge < -0.3 is 16.4 Å². The molecule has 0 spiro atoms. The van der Waals surface area contributed by atoms with E-state index in [1.54, 1.807) is 0 Å². The highest BCUT2D eigenvalue weighted by atomic mass is 32.1. The maximum absolute atomic E-state index is 11.5. The van der Waals surface area contributed by atoms with Gasteiger partial charge in [-0.05, 0) is 20.3 Å². The van der Waals surface area contributed by atoms with Gasteiger partial charge in [-0.1, -0.05) is 19.1 Å². The lowest BCUT2D eigenvalue weighted by atomic mass is 10.1. The van der Waals surface area contributed by atoms with Crippen molar-refractivity contribution < 1.29 is 9.59 Å². The summed E-state index contributed by atoms with van der Waals surface area (Å²) in [6.45, 7) is 5.47. The summed E-state index contributed by atoms with van der Waals surface area (Å²) in [5.74, 6) is -1.02. The first-order chi connectivity index (χ1) is 7.38. The van der Waals surface area contributed by atoms with Crippen LogP contribution in [0.25, 0.3) is 0 Å². The topological polar surface area (TPSA) is 84.2 Å². The van der Waals surface area contributed by atoms with Gasteiger partial charge in [0, 0.05) is 6.04 Å². The largest absolute Gasteiger partial charge is 0.393 e. The summed E-state index contributed by atoms with van der Waals surface area (Å²) in [5.41, 5.74) is 5.41. The molecule has 0 heterocycles. The third kappa shape index (κ3) is 5.65. The van der Waals surface area contributed by atoms with Crippen LogP contribution in [-0.4, -0.2) is 29.4 Å². The zero-order valence-corrected chi connectivity index (χ0v) is 10.7. The minimum atomic E-state index is -0.498. The molecular formula is C10H19N3O2S. The molecule has 16 heavy (non-hydrogen) atoms. The van der Waals surface area contributed by atoms with Gasteiger partial charge in [0.05, 0.1) is 17.5 Å². The maximum Gasteiger partial charge on any atom is 0.239 e. The van der Waals surface area contributed by atoms with Gasteiger partial charge in [0.2, 0.25) is 11.8 Å². The van der Waals surface area contributed by atoms with Crippen molar-refractivity contribution in [2.45, 2.75) is 33.2 Å². The molecule has 0 radical (unpaired) electrons. The molecule has 0 aliphatic carbocycles. The summed E-state index contributed by atoms with van der Waals surface area (Å²) < 4.78 is 0. The van der Waals surface area contributed by atoms with E-state index in [0.29, 0.717) is 6.42 Å². The Morgan fingerprint density at radius 1 is 1.38 bits per heavy atom. The average Bonchev–Trinajstić information content (AvgIpc) is 2.14. The molecule has 0 aliphatic rings. The van der Waals surface area contributed by atoms with Gasteiger partial charge in [-0.15, -0.1) is 0 Å². The minimum absolute atomic E-state index is 0.0455. The van der Waals surface area contributed by atoms with Crippen molar-refractivity contribution in [3.05, 3.63) is 0 Å². The van der Waals surface area contributed by atoms with Gasteiger partial charge in [-0.2, -0.15) is 0 Å². The Balaban J connectivity index is 4.06. The van der Waals surface area contributed by atoms with E-state index in [4.69, 9.17) is 18.0 Å². The molecule has 0 aromatic carbocycles. The SMILES string of the molecule is CCC(C(=O)NCC(=O)NC(C)C)C(N)=S. The van der Waals surface area contributed by atoms with Crippen molar-refractivity contribution >= 4 is 29.0 Å². The summed E-state index contributed by atoms with van der Waals surface area (Å²) in [5, 5.41) is 5.17. The van der Waals surface area contributed by atoms with E-state index in [1.165, 1.54) is 0 Å². The number of nitrogens with two attached hydrogens (primary N) is 1. The first-order valence-electron chi connectivity index (χ1n) is 5.24. The van der Waals surface area contributed by atoms with Crippen molar-refractivity contribution in [3.8, 4) is 0 Å². The molecule has 0 saturated carbocycles. The van der Waals surface area contributed by atoms with E-state index in [-0.39, 0.29) is 29.4 Å². The van der Waals surface area contributed by atoms with E-state index in [9.17, 15) is 9.59 Å². The van der Waals surface area contributed by atoms with Crippen molar-refractivity contribution in [2.24, 2.45) is 11.7 Å². The van der Waals surface area contributed by atoms with Gasteiger partial charge in [0.25, 0.3) is 0 Å². The Morgan fingerprint density at radius 3 is 2.31 bits per heavy atom. The molecule has 2 amide bonds. The van der Waals surface area contributed by atoms with Crippen molar-refractivity contribution in [2.75, 3.05) is 6.54 Å². The predicted molar refractivity (Wildman–Crippen MR) is 66.9 cm³/mol. The van der Waals surface area contributed by atoms with Crippen molar-refractivity contribution in [1.82, 2.24) is 10.6 Å². The molecule has 0 rings (SSSR count). The first-order valence-corrected chi connectivity index (χ1v) is 5.65. The lowest BCUT2D eigenvalue weighted by Crippen LogP contribution is -2.44. The van der Waals surface area contributed by atoms with Crippen LogP contribution in [-0.2, 0) is 9.59 Å². The van der Waals surface area contributed by atoms with Crippen LogP contribution in [0.15, 0.2) is 0 Å². The van der Waals surface area contributed by atoms with Gasteiger partial charge in [0.1, 0.15) is 0 Å². The van der Waals surface area contributed by atoms with E-state index < -0.39 is 5.92 Å². The fraction of sp³-hybridized carbons (Fsp3) is 0.700. The average molecular weight is 245 g/mol. The highest BCUT2D eigenvalue weighted by Crippen LogP contribution is 2.02. The van der Waals surface area contributed by atoms with Crippen LogP contribution in [0.5, 0.6) is 0 Å². The number of hydrogen-bond donors (Lipinski definition) is 3. The quantitative estimate of drug-likeness (QED) is 0.572. The van der Waals surface area contributed by atoms with E-state index in [0.717, 1.165) is 0 Å². The van der Waals surface area contributed by atoms with E-state index in [2.05, 4.69) is 10.6 Å². The number of carbonyl (C=O) groups excluding carboxylic acids is 2. The second kappa shape index (κ2) is 7.16. The van der Waals surface area contributed by atoms with Crippen LogP contribution < -0.4 is 16.4 Å². The van der Waals surface area contributed by atoms with Gasteiger partial charge in [-0.3, -0.25) is 9.59 Å². The Morgan fingerprint density at radius 2 is 1.94 bits per heavy atom. The second-order valence-corrected chi connectivity index (χ2v) is 4.27. The molecule has 4 N–H and O–H groups in total. The Kier molecular flexibility index (Phi) is 6.64. The second-order valence-electron chi connectivity index (χ2n) is 3.80. The van der Waals surface area contributed by atoms with Gasteiger partial charge in [0.15, 0.2) is 0 Å². The lowest BCUT2D eigenvalue weighted by molar-refractivity contribution is -0.127. The highest BCUT2D eigenvalue weighted by Gasteiger charge is 2.19. The number of hydrogen-bond acceptors (Lipinski definition) is 3. The summed E-state index contributed by atoms with van der Waals surface area (Å²) in [7, 11) is 0. The number of carbonyl (C=O) groups is 2. The van der Waals surface area contributed by atoms with Crippen LogP contribution in [0.2, 0.25) is 0 Å². The van der Waals surface area contributed by atoms with Gasteiger partial charge >= 0.3 is 0 Å². The molecule has 1 unspecified atom stereocenters. The fourth-order valence-electron chi connectivity index (χ4n) is 1.18. The molecule has 5 nitrogen and oxygen atoms in total. The fourth-order valence-corrected chi connectivity index (χ4v) is 1.45. The monoisotopic (exact) mass is 245 g/mol. The van der Waals surface area contributed by atoms with Gasteiger partial charge in [-0.25, -0.2) is 0 Å². The Labute approximate surface area is 101 Å². The van der Waals surface area contributed by atoms with Crippen LogP contribution in [0, 0.1) is 5.92 Å². The van der Waals surface area contributed by atoms with Crippen LogP contribution in [0.3, 0.4) is 0 Å². The number of nitrogens with one attached hydrogen (secondary N) is 2. The zero-order chi connectivity index (χ0) is 12.7. The molecule has 1 atom stereocenters. The predicted octanol–water partition coefficient (Wildman–Crippen LogP) is -0.0605. The number of rotatable bonds is 6. The zero-order valence-electron chi connectivity index (χ0n) is 9.87. The molecule has 0 saturated heterocycles. The smallest absolute Gasteiger partial charge is 0.239 e. The number of amides is 2. The molecule has 0 aromatic heterocycles. The first kappa shape index (κ1) is 14.8. The third-order valence-corrected chi connectivity index (χ3v) is 2.23. The van der Waals surface area contributed by atoms with Crippen molar-refractivity contribution in [1.29, 1.82) is 0 Å². The molecular weight excluding hydrogens is 226 g/mol. The molecule has 0 bridgehead atoms. The Bertz CT molecular complexity index is 279. The van der Waals surface area contributed by atoms with Crippen molar-refractivity contribution in [3.63, 3.8) is 0 Å². The Hall–Kier alpha value is -1.17.